The molecule has 2 aromatic rings. The van der Waals surface area contributed by atoms with Crippen LogP contribution in [0.3, 0.4) is 0 Å². The van der Waals surface area contributed by atoms with Gasteiger partial charge in [-0.3, -0.25) is 9.36 Å². The molecule has 6 nitrogen and oxygen atoms in total. The Morgan fingerprint density at radius 2 is 2.11 bits per heavy atom. The number of carbonyl (C=O) groups is 1. The quantitative estimate of drug-likeness (QED) is 0.763. The number of aryl methyl sites for hydroxylation is 1. The van der Waals surface area contributed by atoms with Crippen LogP contribution in [-0.4, -0.2) is 15.5 Å². The second-order valence-corrected chi connectivity index (χ2v) is 4.06. The second-order valence-electron chi connectivity index (χ2n) is 4.06. The summed E-state index contributed by atoms with van der Waals surface area (Å²) in [4.78, 5) is 36.6. The average Bonchev–Trinajstić information content (AvgIpc) is 2.30. The number of nitrogens with zero attached hydrogens (tertiary/aromatic N) is 1. The molecule has 94 valence electrons. The molecule has 0 aliphatic carbocycles. The van der Waals surface area contributed by atoms with Crippen molar-refractivity contribution in [2.75, 3.05) is 0 Å². The van der Waals surface area contributed by atoms with Gasteiger partial charge in [0.2, 0.25) is 0 Å². The van der Waals surface area contributed by atoms with E-state index in [1.807, 2.05) is 6.92 Å². The van der Waals surface area contributed by atoms with Crippen molar-refractivity contribution >= 4 is 16.9 Å². The molecule has 1 heterocycles. The first kappa shape index (κ1) is 12.1. The summed E-state index contributed by atoms with van der Waals surface area (Å²) in [5, 5.41) is 10.7. The van der Waals surface area contributed by atoms with Crippen molar-refractivity contribution in [2.24, 2.45) is 0 Å². The molecule has 0 radical (unpaired) electrons. The van der Waals surface area contributed by atoms with Crippen molar-refractivity contribution in [3.63, 3.8) is 0 Å². The number of hydrogen-bond donors (Lipinski definition) is 1. The molecule has 1 N–H and O–H groups in total. The van der Waals surface area contributed by atoms with E-state index >= 15 is 0 Å². The zero-order chi connectivity index (χ0) is 13.3. The minimum atomic E-state index is -1.30. The van der Waals surface area contributed by atoms with E-state index < -0.39 is 17.2 Å². The number of carboxylic acid groups (broad SMARTS) is 1. The maximum atomic E-state index is 12.0. The summed E-state index contributed by atoms with van der Waals surface area (Å²) >= 11 is 0. The van der Waals surface area contributed by atoms with Crippen LogP contribution in [0.2, 0.25) is 0 Å². The number of hydrogen-bond acceptors (Lipinski definition) is 4. The summed E-state index contributed by atoms with van der Waals surface area (Å²) in [6, 6.07) is 5.09. The van der Waals surface area contributed by atoms with Crippen molar-refractivity contribution in [3.05, 3.63) is 44.6 Å². The van der Waals surface area contributed by atoms with Gasteiger partial charge >= 0.3 is 5.69 Å². The maximum Gasteiger partial charge on any atom is 0.328 e. The van der Waals surface area contributed by atoms with E-state index in [1.165, 1.54) is 0 Å². The molecule has 0 atom stereocenters. The standard InChI is InChI=1S/C12H12N2O4/c1-7-2-3-9-8(6-7)11(17)14(12(18)13-9)5-4-10(15)16/h2-3,6H,4-5H2,1H3,(H,13,18)(H,15,16)/p-1. The third-order valence-corrected chi connectivity index (χ3v) is 2.68. The topological polar surface area (TPSA) is 95.0 Å². The summed E-state index contributed by atoms with van der Waals surface area (Å²) in [6.45, 7) is 1.63. The van der Waals surface area contributed by atoms with Gasteiger partial charge in [0.15, 0.2) is 0 Å². The lowest BCUT2D eigenvalue weighted by Gasteiger charge is -2.07. The maximum absolute atomic E-state index is 12.0. The van der Waals surface area contributed by atoms with Gasteiger partial charge in [-0.2, -0.15) is 0 Å². The fourth-order valence-electron chi connectivity index (χ4n) is 1.77. The summed E-state index contributed by atoms with van der Waals surface area (Å²) in [6.07, 6.45) is -0.375. The number of carboxylic acids is 1. The third-order valence-electron chi connectivity index (χ3n) is 2.68. The second kappa shape index (κ2) is 4.48. The van der Waals surface area contributed by atoms with Gasteiger partial charge in [-0.25, -0.2) is 4.79 Å². The van der Waals surface area contributed by atoms with Crippen LogP contribution in [0.4, 0.5) is 0 Å². The molecule has 0 aliphatic heterocycles. The fraction of sp³-hybridized carbons (Fsp3) is 0.250. The molecular formula is C12H11N2O4-. The van der Waals surface area contributed by atoms with Gasteiger partial charge in [0.25, 0.3) is 5.56 Å². The number of aromatic nitrogens is 2. The normalized spacial score (nSPS) is 10.7. The van der Waals surface area contributed by atoms with Gasteiger partial charge in [-0.15, -0.1) is 0 Å². The number of aliphatic carboxylic acids is 1. The highest BCUT2D eigenvalue weighted by molar-refractivity contribution is 5.77. The first-order valence-electron chi connectivity index (χ1n) is 5.42. The van der Waals surface area contributed by atoms with Crippen LogP contribution in [0.1, 0.15) is 12.0 Å². The lowest BCUT2D eigenvalue weighted by atomic mass is 10.2. The molecule has 0 aliphatic rings. The number of fused-ring (bicyclic) bond motifs is 1. The molecule has 0 bridgehead atoms. The molecule has 6 heteroatoms. The number of benzene rings is 1. The number of nitrogens with one attached hydrogen (secondary N) is 1. The Kier molecular flexibility index (Phi) is 3.01. The SMILES string of the molecule is Cc1ccc2[nH]c(=O)n(CCC(=O)[O-])c(=O)c2c1. The Hall–Kier alpha value is -2.37. The zero-order valence-corrected chi connectivity index (χ0v) is 9.73. The van der Waals surface area contributed by atoms with Crippen molar-refractivity contribution < 1.29 is 9.90 Å². The summed E-state index contributed by atoms with van der Waals surface area (Å²) in [5.41, 5.74) is 0.231. The minimum Gasteiger partial charge on any atom is -0.550 e. The van der Waals surface area contributed by atoms with Crippen LogP contribution in [-0.2, 0) is 11.3 Å². The molecule has 0 amide bonds. The van der Waals surface area contributed by atoms with E-state index in [2.05, 4.69) is 4.98 Å². The molecule has 1 aromatic heterocycles. The van der Waals surface area contributed by atoms with E-state index in [4.69, 9.17) is 0 Å². The average molecular weight is 247 g/mol. The van der Waals surface area contributed by atoms with Gasteiger partial charge in [0.05, 0.1) is 10.9 Å². The summed E-state index contributed by atoms with van der Waals surface area (Å²) in [5.74, 6) is -1.30. The highest BCUT2D eigenvalue weighted by atomic mass is 16.4. The van der Waals surface area contributed by atoms with Crippen molar-refractivity contribution in [1.29, 1.82) is 0 Å². The molecular weight excluding hydrogens is 236 g/mol. The van der Waals surface area contributed by atoms with Crippen LogP contribution in [0.25, 0.3) is 10.9 Å². The molecule has 1 aromatic carbocycles. The fourth-order valence-corrected chi connectivity index (χ4v) is 1.77. The number of rotatable bonds is 3. The number of H-pyrrole nitrogens is 1. The van der Waals surface area contributed by atoms with Crippen LogP contribution in [0.5, 0.6) is 0 Å². The predicted molar refractivity (Wildman–Crippen MR) is 63.2 cm³/mol. The van der Waals surface area contributed by atoms with Gasteiger partial charge in [0, 0.05) is 18.9 Å². The molecule has 0 saturated carbocycles. The van der Waals surface area contributed by atoms with E-state index in [0.717, 1.165) is 10.1 Å². The highest BCUT2D eigenvalue weighted by Crippen LogP contribution is 2.07. The van der Waals surface area contributed by atoms with Gasteiger partial charge in [-0.1, -0.05) is 11.6 Å². The Morgan fingerprint density at radius 3 is 2.78 bits per heavy atom. The Labute approximate surface area is 102 Å². The van der Waals surface area contributed by atoms with Gasteiger partial charge in [-0.05, 0) is 19.1 Å². The van der Waals surface area contributed by atoms with E-state index in [1.54, 1.807) is 18.2 Å². The Morgan fingerprint density at radius 1 is 1.39 bits per heavy atom. The third kappa shape index (κ3) is 2.17. The first-order valence-corrected chi connectivity index (χ1v) is 5.42. The monoisotopic (exact) mass is 247 g/mol. The van der Waals surface area contributed by atoms with Crippen molar-refractivity contribution in [2.45, 2.75) is 19.9 Å². The van der Waals surface area contributed by atoms with E-state index in [0.29, 0.717) is 10.9 Å². The Bertz CT molecular complexity index is 727. The zero-order valence-electron chi connectivity index (χ0n) is 9.73. The van der Waals surface area contributed by atoms with Crippen LogP contribution in [0, 0.1) is 6.92 Å². The predicted octanol–water partition coefficient (Wildman–Crippen LogP) is -0.862. The largest absolute Gasteiger partial charge is 0.550 e. The molecule has 0 fully saturated rings. The summed E-state index contributed by atoms with van der Waals surface area (Å²) < 4.78 is 0.873. The lowest BCUT2D eigenvalue weighted by molar-refractivity contribution is -0.305. The Balaban J connectivity index is 2.64. The van der Waals surface area contributed by atoms with Crippen LogP contribution < -0.4 is 16.4 Å². The van der Waals surface area contributed by atoms with Crippen LogP contribution >= 0.6 is 0 Å². The van der Waals surface area contributed by atoms with Gasteiger partial charge < -0.3 is 14.9 Å². The minimum absolute atomic E-state index is 0.194. The molecule has 0 spiro atoms. The van der Waals surface area contributed by atoms with E-state index in [9.17, 15) is 19.5 Å². The lowest BCUT2D eigenvalue weighted by Crippen LogP contribution is -2.37. The van der Waals surface area contributed by atoms with Gasteiger partial charge in [0.1, 0.15) is 0 Å². The molecule has 18 heavy (non-hydrogen) atoms. The smallest absolute Gasteiger partial charge is 0.328 e. The number of carbonyl (C=O) groups excluding carboxylic acids is 1. The first-order chi connectivity index (χ1) is 8.49. The molecule has 0 saturated heterocycles. The van der Waals surface area contributed by atoms with Crippen molar-refractivity contribution in [1.82, 2.24) is 9.55 Å². The number of aromatic amines is 1. The molecule has 2 rings (SSSR count). The summed E-state index contributed by atoms with van der Waals surface area (Å²) in [7, 11) is 0. The molecule has 0 unspecified atom stereocenters. The highest BCUT2D eigenvalue weighted by Gasteiger charge is 2.07. The van der Waals surface area contributed by atoms with Crippen LogP contribution in [0.15, 0.2) is 27.8 Å². The van der Waals surface area contributed by atoms with E-state index in [-0.39, 0.29) is 13.0 Å². The van der Waals surface area contributed by atoms with Crippen molar-refractivity contribution in [3.8, 4) is 0 Å².